The molecular weight excluding hydrogens is 190 g/mol. The van der Waals surface area contributed by atoms with Crippen molar-refractivity contribution in [1.29, 1.82) is 0 Å². The summed E-state index contributed by atoms with van der Waals surface area (Å²) in [4.78, 5) is 11.5. The Balaban J connectivity index is 3.02. The number of hydrogen-bond acceptors (Lipinski definition) is 2. The second kappa shape index (κ2) is 4.34. The molecule has 3 nitrogen and oxygen atoms in total. The van der Waals surface area contributed by atoms with Crippen LogP contribution in [0.25, 0.3) is 0 Å². The van der Waals surface area contributed by atoms with Crippen LogP contribution in [-0.2, 0) is 0 Å². The normalized spacial score (nSPS) is 10.9. The van der Waals surface area contributed by atoms with Gasteiger partial charge in [-0.15, -0.1) is 0 Å². The maximum absolute atomic E-state index is 11.5. The van der Waals surface area contributed by atoms with E-state index in [1.165, 1.54) is 0 Å². The maximum Gasteiger partial charge on any atom is 0.254 e. The summed E-state index contributed by atoms with van der Waals surface area (Å²) in [6, 6.07) is 7.23. The van der Waals surface area contributed by atoms with Crippen molar-refractivity contribution in [3.8, 4) is 5.75 Å². The number of amides is 1. The molecule has 82 valence electrons. The van der Waals surface area contributed by atoms with Gasteiger partial charge in [0, 0.05) is 7.05 Å². The quantitative estimate of drug-likeness (QED) is 0.807. The first-order chi connectivity index (χ1) is 6.94. The first-order valence-electron chi connectivity index (χ1n) is 4.94. The largest absolute Gasteiger partial charge is 0.487 e. The van der Waals surface area contributed by atoms with E-state index in [9.17, 15) is 4.79 Å². The number of carbonyl (C=O) groups is 1. The van der Waals surface area contributed by atoms with Crippen LogP contribution in [0.3, 0.4) is 0 Å². The van der Waals surface area contributed by atoms with E-state index in [0.717, 1.165) is 0 Å². The van der Waals surface area contributed by atoms with Crippen LogP contribution in [-0.4, -0.2) is 18.6 Å². The summed E-state index contributed by atoms with van der Waals surface area (Å²) in [6.07, 6.45) is 0. The zero-order chi connectivity index (χ0) is 11.5. The fourth-order valence-electron chi connectivity index (χ4n) is 1.21. The van der Waals surface area contributed by atoms with Gasteiger partial charge < -0.3 is 10.1 Å². The van der Waals surface area contributed by atoms with E-state index in [4.69, 9.17) is 4.74 Å². The van der Waals surface area contributed by atoms with Crippen LogP contribution in [0.15, 0.2) is 24.3 Å². The van der Waals surface area contributed by atoms with Crippen molar-refractivity contribution in [2.75, 3.05) is 7.05 Å². The van der Waals surface area contributed by atoms with Gasteiger partial charge in [-0.1, -0.05) is 12.1 Å². The van der Waals surface area contributed by atoms with Crippen molar-refractivity contribution in [1.82, 2.24) is 5.32 Å². The third kappa shape index (κ3) is 3.27. The highest BCUT2D eigenvalue weighted by Gasteiger charge is 2.16. The predicted octanol–water partition coefficient (Wildman–Crippen LogP) is 2.22. The zero-order valence-corrected chi connectivity index (χ0v) is 9.63. The van der Waals surface area contributed by atoms with Gasteiger partial charge in [0.1, 0.15) is 11.4 Å². The number of carbonyl (C=O) groups excluding carboxylic acids is 1. The van der Waals surface area contributed by atoms with E-state index in [2.05, 4.69) is 5.32 Å². The van der Waals surface area contributed by atoms with Crippen molar-refractivity contribution in [3.05, 3.63) is 29.8 Å². The van der Waals surface area contributed by atoms with Gasteiger partial charge in [-0.25, -0.2) is 0 Å². The molecule has 0 saturated heterocycles. The Labute approximate surface area is 90.4 Å². The minimum absolute atomic E-state index is 0.130. The number of benzene rings is 1. The molecule has 1 aromatic rings. The molecule has 0 aliphatic rings. The summed E-state index contributed by atoms with van der Waals surface area (Å²) in [6.45, 7) is 5.86. The van der Waals surface area contributed by atoms with Gasteiger partial charge >= 0.3 is 0 Å². The minimum atomic E-state index is -0.301. The third-order valence-corrected chi connectivity index (χ3v) is 1.77. The number of para-hydroxylation sites is 1. The fourth-order valence-corrected chi connectivity index (χ4v) is 1.21. The molecule has 0 radical (unpaired) electrons. The van der Waals surface area contributed by atoms with Crippen molar-refractivity contribution in [2.24, 2.45) is 0 Å². The van der Waals surface area contributed by atoms with Crippen LogP contribution in [0.1, 0.15) is 31.1 Å². The lowest BCUT2D eigenvalue weighted by molar-refractivity contribution is 0.0942. The number of nitrogens with one attached hydrogen (secondary N) is 1. The highest BCUT2D eigenvalue weighted by Crippen LogP contribution is 2.22. The standard InChI is InChI=1S/C12H17NO2/c1-12(2,3)15-10-8-6-5-7-9(10)11(14)13-4/h5-8H,1-4H3,(H,13,14). The van der Waals surface area contributed by atoms with Crippen LogP contribution >= 0.6 is 0 Å². The molecule has 0 aliphatic heterocycles. The number of hydrogen-bond donors (Lipinski definition) is 1. The van der Waals surface area contributed by atoms with Crippen LogP contribution in [0.2, 0.25) is 0 Å². The summed E-state index contributed by atoms with van der Waals surface area (Å²) in [7, 11) is 1.61. The lowest BCUT2D eigenvalue weighted by Gasteiger charge is -2.22. The Kier molecular flexibility index (Phi) is 3.35. The Hall–Kier alpha value is -1.51. The maximum atomic E-state index is 11.5. The number of ether oxygens (including phenoxy) is 1. The summed E-state index contributed by atoms with van der Waals surface area (Å²) in [5.41, 5.74) is 0.263. The minimum Gasteiger partial charge on any atom is -0.487 e. The second-order valence-corrected chi connectivity index (χ2v) is 4.29. The molecule has 3 heteroatoms. The van der Waals surface area contributed by atoms with Crippen LogP contribution in [0.4, 0.5) is 0 Å². The van der Waals surface area contributed by atoms with Crippen molar-refractivity contribution in [2.45, 2.75) is 26.4 Å². The Morgan fingerprint density at radius 3 is 2.40 bits per heavy atom. The van der Waals surface area contributed by atoms with E-state index in [-0.39, 0.29) is 11.5 Å². The highest BCUT2D eigenvalue weighted by molar-refractivity contribution is 5.96. The second-order valence-electron chi connectivity index (χ2n) is 4.29. The van der Waals surface area contributed by atoms with Crippen LogP contribution in [0.5, 0.6) is 5.75 Å². The van der Waals surface area contributed by atoms with Gasteiger partial charge in [0.2, 0.25) is 0 Å². The van der Waals surface area contributed by atoms with Crippen LogP contribution in [0, 0.1) is 0 Å². The van der Waals surface area contributed by atoms with Gasteiger partial charge in [-0.2, -0.15) is 0 Å². The van der Waals surface area contributed by atoms with E-state index in [1.807, 2.05) is 32.9 Å². The molecule has 1 N–H and O–H groups in total. The molecule has 15 heavy (non-hydrogen) atoms. The summed E-state index contributed by atoms with van der Waals surface area (Å²) in [5.74, 6) is 0.485. The van der Waals surface area contributed by atoms with E-state index < -0.39 is 0 Å². The van der Waals surface area contributed by atoms with E-state index >= 15 is 0 Å². The van der Waals surface area contributed by atoms with Gasteiger partial charge in [0.05, 0.1) is 5.56 Å². The molecule has 0 heterocycles. The summed E-state index contributed by atoms with van der Waals surface area (Å²) < 4.78 is 5.69. The molecule has 0 spiro atoms. The first-order valence-corrected chi connectivity index (χ1v) is 4.94. The first kappa shape index (κ1) is 11.6. The Morgan fingerprint density at radius 1 is 1.27 bits per heavy atom. The Morgan fingerprint density at radius 2 is 1.87 bits per heavy atom. The molecule has 0 unspecified atom stereocenters. The van der Waals surface area contributed by atoms with E-state index in [1.54, 1.807) is 19.2 Å². The van der Waals surface area contributed by atoms with Crippen LogP contribution < -0.4 is 10.1 Å². The zero-order valence-electron chi connectivity index (χ0n) is 9.63. The molecule has 0 saturated carbocycles. The lowest BCUT2D eigenvalue weighted by Crippen LogP contribution is -2.26. The fraction of sp³-hybridized carbons (Fsp3) is 0.417. The Bertz CT molecular complexity index is 353. The molecule has 0 atom stereocenters. The summed E-state index contributed by atoms with van der Waals surface area (Å²) in [5, 5.41) is 2.59. The monoisotopic (exact) mass is 207 g/mol. The lowest BCUT2D eigenvalue weighted by atomic mass is 10.1. The highest BCUT2D eigenvalue weighted by atomic mass is 16.5. The van der Waals surface area contributed by atoms with Gasteiger partial charge in [-0.05, 0) is 32.9 Å². The molecule has 0 aromatic heterocycles. The van der Waals surface area contributed by atoms with Gasteiger partial charge in [-0.3, -0.25) is 4.79 Å². The molecule has 0 bridgehead atoms. The van der Waals surface area contributed by atoms with Gasteiger partial charge in [0.15, 0.2) is 0 Å². The number of rotatable bonds is 2. The molecule has 1 rings (SSSR count). The van der Waals surface area contributed by atoms with Crippen molar-refractivity contribution >= 4 is 5.91 Å². The van der Waals surface area contributed by atoms with Crippen molar-refractivity contribution < 1.29 is 9.53 Å². The third-order valence-electron chi connectivity index (χ3n) is 1.77. The average Bonchev–Trinajstić information content (AvgIpc) is 2.15. The molecule has 1 aromatic carbocycles. The van der Waals surface area contributed by atoms with Gasteiger partial charge in [0.25, 0.3) is 5.91 Å². The molecule has 0 fully saturated rings. The molecule has 0 aliphatic carbocycles. The SMILES string of the molecule is CNC(=O)c1ccccc1OC(C)(C)C. The smallest absolute Gasteiger partial charge is 0.254 e. The molecular formula is C12H17NO2. The van der Waals surface area contributed by atoms with Crippen molar-refractivity contribution in [3.63, 3.8) is 0 Å². The molecule has 1 amide bonds. The average molecular weight is 207 g/mol. The topological polar surface area (TPSA) is 38.3 Å². The summed E-state index contributed by atoms with van der Waals surface area (Å²) >= 11 is 0. The predicted molar refractivity (Wildman–Crippen MR) is 60.2 cm³/mol. The van der Waals surface area contributed by atoms with E-state index in [0.29, 0.717) is 11.3 Å².